The first-order valence-electron chi connectivity index (χ1n) is 6.25. The van der Waals surface area contributed by atoms with Crippen molar-refractivity contribution in [3.63, 3.8) is 0 Å². The molecule has 5 heteroatoms. The maximum Gasteiger partial charge on any atom is 0.284 e. The summed E-state index contributed by atoms with van der Waals surface area (Å²) in [7, 11) is 0. The maximum atomic E-state index is 12.4. The lowest BCUT2D eigenvalue weighted by Crippen LogP contribution is -2.26. The molecule has 0 bridgehead atoms. The van der Waals surface area contributed by atoms with Gasteiger partial charge in [-0.2, -0.15) is 0 Å². The van der Waals surface area contributed by atoms with E-state index in [4.69, 9.17) is 5.73 Å². The van der Waals surface area contributed by atoms with E-state index >= 15 is 0 Å². The summed E-state index contributed by atoms with van der Waals surface area (Å²) < 4.78 is 3.32. The molecule has 100 valence electrons. The number of aromatic nitrogens is 2. The lowest BCUT2D eigenvalue weighted by molar-refractivity contribution is 0.0998. The average molecular weight is 259 g/mol. The first-order valence-corrected chi connectivity index (χ1v) is 6.25. The molecule has 2 aromatic rings. The molecule has 0 saturated heterocycles. The number of nitrogens with two attached hydrogens (primary N) is 1. The summed E-state index contributed by atoms with van der Waals surface area (Å²) in [6.45, 7) is 4.42. The van der Waals surface area contributed by atoms with E-state index in [-0.39, 0.29) is 11.1 Å². The monoisotopic (exact) mass is 259 g/mol. The molecule has 0 unspecified atom stereocenters. The fraction of sp³-hybridized carbons (Fsp3) is 0.286. The van der Waals surface area contributed by atoms with Crippen LogP contribution in [0.3, 0.4) is 0 Å². The van der Waals surface area contributed by atoms with E-state index in [0.29, 0.717) is 12.2 Å². The first kappa shape index (κ1) is 13.1. The summed E-state index contributed by atoms with van der Waals surface area (Å²) in [5, 5.41) is 0. The van der Waals surface area contributed by atoms with Crippen LogP contribution in [0, 0.1) is 6.92 Å². The van der Waals surface area contributed by atoms with E-state index in [1.807, 2.05) is 37.3 Å². The van der Waals surface area contributed by atoms with Crippen LogP contribution in [0.2, 0.25) is 0 Å². The molecular formula is C14H17N3O2. The molecule has 0 aliphatic carbocycles. The lowest BCUT2D eigenvalue weighted by atomic mass is 10.2. The number of hydrogen-bond donors (Lipinski definition) is 1. The zero-order valence-corrected chi connectivity index (χ0v) is 11.1. The molecule has 0 atom stereocenters. The summed E-state index contributed by atoms with van der Waals surface area (Å²) in [6.07, 6.45) is 0.861. The summed E-state index contributed by atoms with van der Waals surface area (Å²) in [5.74, 6) is -0.679. The van der Waals surface area contributed by atoms with Gasteiger partial charge in [-0.1, -0.05) is 25.1 Å². The molecule has 5 nitrogen and oxygen atoms in total. The van der Waals surface area contributed by atoms with E-state index in [0.717, 1.165) is 12.1 Å². The van der Waals surface area contributed by atoms with Crippen molar-refractivity contribution in [3.8, 4) is 5.69 Å². The molecular weight excluding hydrogens is 242 g/mol. The molecule has 1 heterocycles. The number of rotatable bonds is 4. The maximum absolute atomic E-state index is 12.4. The van der Waals surface area contributed by atoms with Crippen molar-refractivity contribution in [3.05, 3.63) is 51.9 Å². The summed E-state index contributed by atoms with van der Waals surface area (Å²) in [4.78, 5) is 23.8. The summed E-state index contributed by atoms with van der Waals surface area (Å²) >= 11 is 0. The van der Waals surface area contributed by atoms with Gasteiger partial charge in [0.1, 0.15) is 5.56 Å². The average Bonchev–Trinajstić information content (AvgIpc) is 2.63. The zero-order chi connectivity index (χ0) is 14.0. The van der Waals surface area contributed by atoms with Crippen LogP contribution in [-0.4, -0.2) is 15.3 Å². The lowest BCUT2D eigenvalue weighted by Gasteiger charge is -2.12. The van der Waals surface area contributed by atoms with Crippen molar-refractivity contribution in [2.45, 2.75) is 26.8 Å². The highest BCUT2D eigenvalue weighted by molar-refractivity contribution is 5.93. The topological polar surface area (TPSA) is 70.0 Å². The Morgan fingerprint density at radius 1 is 1.26 bits per heavy atom. The van der Waals surface area contributed by atoms with Crippen molar-refractivity contribution in [1.82, 2.24) is 9.36 Å². The van der Waals surface area contributed by atoms with Gasteiger partial charge in [-0.25, -0.2) is 4.68 Å². The molecule has 0 radical (unpaired) electrons. The quantitative estimate of drug-likeness (QED) is 0.903. The van der Waals surface area contributed by atoms with Gasteiger partial charge in [-0.05, 0) is 25.5 Å². The first-order chi connectivity index (χ1) is 9.07. The Balaban J connectivity index is 2.76. The van der Waals surface area contributed by atoms with E-state index in [9.17, 15) is 9.59 Å². The van der Waals surface area contributed by atoms with E-state index in [2.05, 4.69) is 0 Å². The van der Waals surface area contributed by atoms with Crippen LogP contribution in [0.15, 0.2) is 35.1 Å². The number of carbonyl (C=O) groups is 1. The minimum absolute atomic E-state index is 0.0669. The van der Waals surface area contributed by atoms with Crippen LogP contribution < -0.4 is 11.3 Å². The Morgan fingerprint density at radius 2 is 1.89 bits per heavy atom. The van der Waals surface area contributed by atoms with Crippen LogP contribution in [0.25, 0.3) is 5.69 Å². The van der Waals surface area contributed by atoms with Crippen LogP contribution >= 0.6 is 0 Å². The third-order valence-electron chi connectivity index (χ3n) is 3.08. The van der Waals surface area contributed by atoms with Gasteiger partial charge in [-0.15, -0.1) is 0 Å². The third kappa shape index (κ3) is 2.19. The molecule has 19 heavy (non-hydrogen) atoms. The summed E-state index contributed by atoms with van der Waals surface area (Å²) in [5.41, 5.74) is 6.36. The van der Waals surface area contributed by atoms with Gasteiger partial charge in [0.2, 0.25) is 0 Å². The second-order valence-corrected chi connectivity index (χ2v) is 4.40. The molecule has 0 spiro atoms. The highest BCUT2D eigenvalue weighted by atomic mass is 16.2. The van der Waals surface area contributed by atoms with Gasteiger partial charge in [0.15, 0.2) is 0 Å². The molecule has 0 aliphatic rings. The number of benzene rings is 1. The number of amides is 1. The highest BCUT2D eigenvalue weighted by Crippen LogP contribution is 2.11. The van der Waals surface area contributed by atoms with Crippen molar-refractivity contribution in [1.29, 1.82) is 0 Å². The molecule has 0 saturated carbocycles. The van der Waals surface area contributed by atoms with Gasteiger partial charge in [-0.3, -0.25) is 14.3 Å². The number of nitrogens with zero attached hydrogens (tertiary/aromatic N) is 2. The third-order valence-corrected chi connectivity index (χ3v) is 3.08. The molecule has 2 rings (SSSR count). The van der Waals surface area contributed by atoms with Crippen molar-refractivity contribution in [2.75, 3.05) is 0 Å². The smallest absolute Gasteiger partial charge is 0.284 e. The number of carbonyl (C=O) groups excluding carboxylic acids is 1. The van der Waals surface area contributed by atoms with E-state index in [1.165, 1.54) is 4.68 Å². The second-order valence-electron chi connectivity index (χ2n) is 4.40. The highest BCUT2D eigenvalue weighted by Gasteiger charge is 2.21. The Hall–Kier alpha value is -2.30. The van der Waals surface area contributed by atoms with Crippen LogP contribution in [0.4, 0.5) is 0 Å². The molecule has 0 aliphatic heterocycles. The number of para-hydroxylation sites is 1. The van der Waals surface area contributed by atoms with E-state index in [1.54, 1.807) is 11.6 Å². The molecule has 1 aromatic carbocycles. The number of primary amides is 1. The molecule has 1 aromatic heterocycles. The SMILES string of the molecule is CCCn1c(C)c(C(N)=O)c(=O)n1-c1ccccc1. The minimum Gasteiger partial charge on any atom is -0.365 e. The fourth-order valence-electron chi connectivity index (χ4n) is 2.24. The van der Waals surface area contributed by atoms with Crippen molar-refractivity contribution in [2.24, 2.45) is 5.73 Å². The predicted molar refractivity (Wildman–Crippen MR) is 73.6 cm³/mol. The van der Waals surface area contributed by atoms with Crippen molar-refractivity contribution < 1.29 is 4.79 Å². The predicted octanol–water partition coefficient (Wildman–Crippen LogP) is 1.46. The van der Waals surface area contributed by atoms with Crippen molar-refractivity contribution >= 4 is 5.91 Å². The summed E-state index contributed by atoms with van der Waals surface area (Å²) in [6, 6.07) is 9.24. The van der Waals surface area contributed by atoms with Gasteiger partial charge >= 0.3 is 0 Å². The Bertz CT molecular complexity index is 653. The Morgan fingerprint density at radius 3 is 2.42 bits per heavy atom. The van der Waals surface area contributed by atoms with Gasteiger partial charge in [0.25, 0.3) is 11.5 Å². The van der Waals surface area contributed by atoms with Crippen LogP contribution in [0.5, 0.6) is 0 Å². The molecule has 1 amide bonds. The van der Waals surface area contributed by atoms with E-state index < -0.39 is 5.91 Å². The van der Waals surface area contributed by atoms with Crippen LogP contribution in [0.1, 0.15) is 29.4 Å². The second kappa shape index (κ2) is 5.14. The van der Waals surface area contributed by atoms with Gasteiger partial charge in [0, 0.05) is 6.54 Å². The minimum atomic E-state index is -0.679. The Kier molecular flexibility index (Phi) is 3.55. The molecule has 0 fully saturated rings. The number of hydrogen-bond acceptors (Lipinski definition) is 2. The molecule has 2 N–H and O–H groups in total. The Labute approximate surface area is 111 Å². The van der Waals surface area contributed by atoms with Gasteiger partial charge in [0.05, 0.1) is 11.4 Å². The zero-order valence-electron chi connectivity index (χ0n) is 11.1. The van der Waals surface area contributed by atoms with Gasteiger partial charge < -0.3 is 5.73 Å². The normalized spacial score (nSPS) is 10.6. The standard InChI is InChI=1S/C14H17N3O2/c1-3-9-16-10(2)12(13(15)18)14(19)17(16)11-7-5-4-6-8-11/h4-8H,3,9H2,1-2H3,(H2,15,18). The fourth-order valence-corrected chi connectivity index (χ4v) is 2.24. The largest absolute Gasteiger partial charge is 0.365 e. The van der Waals surface area contributed by atoms with Crippen LogP contribution in [-0.2, 0) is 6.54 Å².